The second kappa shape index (κ2) is 12.2. The van der Waals surface area contributed by atoms with Gasteiger partial charge in [0.15, 0.2) is 0 Å². The molecule has 0 radical (unpaired) electrons. The number of benzene rings is 3. The molecule has 3 aromatic carbocycles. The van der Waals surface area contributed by atoms with E-state index in [0.29, 0.717) is 29.2 Å². The molecule has 204 valence electrons. The first-order chi connectivity index (χ1) is 18.8. The molecular formula is C32H35NO6. The Balaban J connectivity index is 1.75. The number of methoxy groups -OCH3 is 2. The molecule has 39 heavy (non-hydrogen) atoms. The standard InChI is InChI=1S/C32H35NO6/c1-20(2)25-18-26(21(3)17-27(25)38-5)30(34)28-29(33(15-16-37-4)32(36)31(28)35)23-11-13-24(14-12-23)39-19-22-9-7-6-8-10-22/h6-14,17-18,20,29,34H,15-16,19H2,1-5H3/b30-28+. The van der Waals surface area contributed by atoms with Crippen LogP contribution in [-0.4, -0.2) is 49.1 Å². The van der Waals surface area contributed by atoms with E-state index in [1.807, 2.05) is 87.5 Å². The first-order valence-corrected chi connectivity index (χ1v) is 13.0. The van der Waals surface area contributed by atoms with Gasteiger partial charge in [-0.25, -0.2) is 0 Å². The van der Waals surface area contributed by atoms with E-state index in [9.17, 15) is 14.7 Å². The Morgan fingerprint density at radius 1 is 1.00 bits per heavy atom. The number of Topliss-reactive ketones (excluding diaryl/α,β-unsaturated/α-hetero) is 1. The molecule has 1 aliphatic rings. The Hall–Kier alpha value is -4.10. The lowest BCUT2D eigenvalue weighted by molar-refractivity contribution is -0.140. The van der Waals surface area contributed by atoms with E-state index < -0.39 is 17.7 Å². The fourth-order valence-corrected chi connectivity index (χ4v) is 4.86. The predicted octanol–water partition coefficient (Wildman–Crippen LogP) is 5.77. The maximum absolute atomic E-state index is 13.4. The van der Waals surface area contributed by atoms with Crippen molar-refractivity contribution in [3.05, 3.63) is 100 Å². The van der Waals surface area contributed by atoms with Gasteiger partial charge in [0.1, 0.15) is 23.9 Å². The van der Waals surface area contributed by atoms with Gasteiger partial charge in [0, 0.05) is 19.2 Å². The molecule has 1 amide bonds. The van der Waals surface area contributed by atoms with Crippen molar-refractivity contribution in [3.63, 3.8) is 0 Å². The van der Waals surface area contributed by atoms with E-state index in [1.165, 1.54) is 4.90 Å². The fraction of sp³-hybridized carbons (Fsp3) is 0.312. The average molecular weight is 530 g/mol. The largest absolute Gasteiger partial charge is 0.507 e. The van der Waals surface area contributed by atoms with Gasteiger partial charge in [0.05, 0.1) is 25.3 Å². The molecule has 0 aromatic heterocycles. The van der Waals surface area contributed by atoms with E-state index in [0.717, 1.165) is 16.7 Å². The minimum atomic E-state index is -0.771. The Morgan fingerprint density at radius 3 is 2.31 bits per heavy atom. The van der Waals surface area contributed by atoms with Crippen LogP contribution in [0.5, 0.6) is 11.5 Å². The minimum absolute atomic E-state index is 0.0528. The van der Waals surface area contributed by atoms with Crippen LogP contribution in [0.15, 0.2) is 72.3 Å². The van der Waals surface area contributed by atoms with Crippen LogP contribution < -0.4 is 9.47 Å². The number of amides is 1. The van der Waals surface area contributed by atoms with Crippen LogP contribution in [0.3, 0.4) is 0 Å². The summed E-state index contributed by atoms with van der Waals surface area (Å²) >= 11 is 0. The van der Waals surface area contributed by atoms with Crippen LogP contribution in [0.4, 0.5) is 0 Å². The highest BCUT2D eigenvalue weighted by molar-refractivity contribution is 6.46. The predicted molar refractivity (Wildman–Crippen MR) is 150 cm³/mol. The summed E-state index contributed by atoms with van der Waals surface area (Å²) in [4.78, 5) is 28.0. The second-order valence-corrected chi connectivity index (χ2v) is 9.89. The zero-order valence-electron chi connectivity index (χ0n) is 23.1. The highest BCUT2D eigenvalue weighted by Crippen LogP contribution is 2.41. The summed E-state index contributed by atoms with van der Waals surface area (Å²) in [6, 6.07) is 20.0. The van der Waals surface area contributed by atoms with Gasteiger partial charge in [-0.3, -0.25) is 9.59 Å². The maximum Gasteiger partial charge on any atom is 0.295 e. The molecule has 1 heterocycles. The summed E-state index contributed by atoms with van der Waals surface area (Å²) in [5.41, 5.74) is 3.92. The van der Waals surface area contributed by atoms with Crippen LogP contribution in [0.2, 0.25) is 0 Å². The lowest BCUT2D eigenvalue weighted by Crippen LogP contribution is -2.32. The van der Waals surface area contributed by atoms with Gasteiger partial charge in [-0.05, 0) is 59.4 Å². The van der Waals surface area contributed by atoms with Crippen LogP contribution in [0, 0.1) is 6.92 Å². The van der Waals surface area contributed by atoms with Crippen molar-refractivity contribution in [1.29, 1.82) is 0 Å². The smallest absolute Gasteiger partial charge is 0.295 e. The average Bonchev–Trinajstić information content (AvgIpc) is 3.20. The summed E-state index contributed by atoms with van der Waals surface area (Å²) in [5, 5.41) is 11.6. The third-order valence-electron chi connectivity index (χ3n) is 6.97. The normalized spacial score (nSPS) is 16.7. The topological polar surface area (TPSA) is 85.3 Å². The first-order valence-electron chi connectivity index (χ1n) is 13.0. The number of rotatable bonds is 10. The summed E-state index contributed by atoms with van der Waals surface area (Å²) in [6.45, 7) is 6.77. The van der Waals surface area contributed by atoms with Crippen molar-refractivity contribution in [2.75, 3.05) is 27.4 Å². The summed E-state index contributed by atoms with van der Waals surface area (Å²) in [5.74, 6) is -0.107. The molecule has 1 fully saturated rings. The third kappa shape index (κ3) is 5.83. The van der Waals surface area contributed by atoms with Crippen molar-refractivity contribution in [3.8, 4) is 11.5 Å². The number of ether oxygens (including phenoxy) is 3. The van der Waals surface area contributed by atoms with Gasteiger partial charge < -0.3 is 24.2 Å². The van der Waals surface area contributed by atoms with Crippen LogP contribution in [0.25, 0.3) is 5.76 Å². The Labute approximate surface area is 229 Å². The zero-order valence-corrected chi connectivity index (χ0v) is 23.1. The van der Waals surface area contributed by atoms with E-state index in [2.05, 4.69) is 0 Å². The van der Waals surface area contributed by atoms with E-state index in [4.69, 9.17) is 14.2 Å². The quantitative estimate of drug-likeness (QED) is 0.204. The van der Waals surface area contributed by atoms with E-state index >= 15 is 0 Å². The number of aryl methyl sites for hydroxylation is 1. The molecule has 0 saturated carbocycles. The van der Waals surface area contributed by atoms with Gasteiger partial charge in [-0.2, -0.15) is 0 Å². The molecule has 3 aromatic rings. The highest BCUT2D eigenvalue weighted by atomic mass is 16.5. The molecule has 4 rings (SSSR count). The zero-order chi connectivity index (χ0) is 28.1. The summed E-state index contributed by atoms with van der Waals surface area (Å²) in [6.07, 6.45) is 0. The van der Waals surface area contributed by atoms with Gasteiger partial charge in [0.25, 0.3) is 11.7 Å². The number of likely N-dealkylation sites (tertiary alicyclic amines) is 1. The Morgan fingerprint density at radius 2 is 1.69 bits per heavy atom. The molecule has 1 N–H and O–H groups in total. The molecule has 0 bridgehead atoms. The number of aliphatic hydroxyl groups excluding tert-OH is 1. The van der Waals surface area contributed by atoms with E-state index in [-0.39, 0.29) is 30.4 Å². The monoisotopic (exact) mass is 529 g/mol. The number of carbonyl (C=O) groups excluding carboxylic acids is 2. The molecule has 1 saturated heterocycles. The molecule has 7 nitrogen and oxygen atoms in total. The van der Waals surface area contributed by atoms with Gasteiger partial charge in [-0.15, -0.1) is 0 Å². The van der Waals surface area contributed by atoms with Crippen LogP contribution in [0.1, 0.15) is 53.6 Å². The highest BCUT2D eigenvalue weighted by Gasteiger charge is 2.46. The molecule has 7 heteroatoms. The van der Waals surface area contributed by atoms with Crippen LogP contribution in [-0.2, 0) is 20.9 Å². The third-order valence-corrected chi connectivity index (χ3v) is 6.97. The van der Waals surface area contributed by atoms with Crippen LogP contribution >= 0.6 is 0 Å². The minimum Gasteiger partial charge on any atom is -0.507 e. The first kappa shape index (κ1) is 27.9. The molecule has 0 spiro atoms. The number of hydrogen-bond donors (Lipinski definition) is 1. The molecule has 1 unspecified atom stereocenters. The molecule has 1 atom stereocenters. The summed E-state index contributed by atoms with van der Waals surface area (Å²) < 4.78 is 16.7. The molecular weight excluding hydrogens is 494 g/mol. The van der Waals surface area contributed by atoms with Crippen molar-refractivity contribution in [1.82, 2.24) is 4.90 Å². The number of hydrogen-bond acceptors (Lipinski definition) is 6. The maximum atomic E-state index is 13.4. The number of carbonyl (C=O) groups is 2. The van der Waals surface area contributed by atoms with E-state index in [1.54, 1.807) is 14.2 Å². The summed E-state index contributed by atoms with van der Waals surface area (Å²) in [7, 11) is 3.15. The van der Waals surface area contributed by atoms with Crippen molar-refractivity contribution in [2.24, 2.45) is 0 Å². The SMILES string of the molecule is COCCN1C(=O)C(=O)/C(=C(/O)c2cc(C(C)C)c(OC)cc2C)C1c1ccc(OCc2ccccc2)cc1. The fourth-order valence-electron chi connectivity index (χ4n) is 4.86. The lowest BCUT2D eigenvalue weighted by atomic mass is 9.91. The van der Waals surface area contributed by atoms with Crippen molar-refractivity contribution >= 4 is 17.4 Å². The lowest BCUT2D eigenvalue weighted by Gasteiger charge is -2.25. The van der Waals surface area contributed by atoms with Crippen molar-refractivity contribution < 1.29 is 28.9 Å². The number of nitrogens with zero attached hydrogens (tertiary/aromatic N) is 1. The number of aliphatic hydroxyl groups is 1. The molecule has 0 aliphatic carbocycles. The second-order valence-electron chi connectivity index (χ2n) is 9.89. The van der Waals surface area contributed by atoms with Gasteiger partial charge >= 0.3 is 0 Å². The van der Waals surface area contributed by atoms with Crippen molar-refractivity contribution in [2.45, 2.75) is 39.3 Å². The van der Waals surface area contributed by atoms with Gasteiger partial charge in [0.2, 0.25) is 0 Å². The van der Waals surface area contributed by atoms with Gasteiger partial charge in [-0.1, -0.05) is 56.3 Å². The Kier molecular flexibility index (Phi) is 8.72. The number of ketones is 1. The Bertz CT molecular complexity index is 1360. The molecule has 1 aliphatic heterocycles.